The standard InChI is InChI=1S/C28H33ClF2N4O4S/c29-24-10-9-23(40-24)28(38)32-14-22(35(19-5-2-6-19)15-17-3-1-4-17)27(37)33-18-7-8-21(20(13-18)26(30)31)34-11-12-39-16-25(34)36/h7-10,13,17,19,22,26H,1-6,11-12,14-16H2,(H,32,38)(H,33,37)/t22-/m0/s1. The van der Waals surface area contributed by atoms with Crippen molar-refractivity contribution in [3.63, 3.8) is 0 Å². The molecule has 2 aliphatic carbocycles. The zero-order valence-electron chi connectivity index (χ0n) is 22.0. The van der Waals surface area contributed by atoms with Gasteiger partial charge in [-0.3, -0.25) is 19.3 Å². The van der Waals surface area contributed by atoms with Gasteiger partial charge in [-0.25, -0.2) is 8.78 Å². The number of morpholine rings is 1. The summed E-state index contributed by atoms with van der Waals surface area (Å²) in [5.41, 5.74) is -0.0121. The van der Waals surface area contributed by atoms with Crippen LogP contribution in [-0.4, -0.2) is 67.6 Å². The molecule has 12 heteroatoms. The summed E-state index contributed by atoms with van der Waals surface area (Å²) in [5, 5.41) is 5.72. The summed E-state index contributed by atoms with van der Waals surface area (Å²) in [6.07, 6.45) is 3.57. The quantitative estimate of drug-likeness (QED) is 0.378. The number of amides is 3. The number of thiophene rings is 1. The van der Waals surface area contributed by atoms with Crippen LogP contribution in [0.1, 0.15) is 60.2 Å². The molecular formula is C28H33ClF2N4O4S. The van der Waals surface area contributed by atoms with Gasteiger partial charge in [0.05, 0.1) is 21.5 Å². The van der Waals surface area contributed by atoms with Gasteiger partial charge in [0.15, 0.2) is 0 Å². The van der Waals surface area contributed by atoms with Crippen molar-refractivity contribution in [3.05, 3.63) is 45.1 Å². The molecule has 216 valence electrons. The molecule has 1 aliphatic heterocycles. The molecular weight excluding hydrogens is 562 g/mol. The number of anilines is 2. The number of carbonyl (C=O) groups excluding carboxylic acids is 3. The second-order valence-electron chi connectivity index (χ2n) is 10.6. The first-order valence-corrected chi connectivity index (χ1v) is 14.9. The molecule has 1 saturated heterocycles. The predicted molar refractivity (Wildman–Crippen MR) is 150 cm³/mol. The molecule has 1 aromatic carbocycles. The minimum atomic E-state index is -2.85. The Morgan fingerprint density at radius 3 is 2.52 bits per heavy atom. The van der Waals surface area contributed by atoms with Crippen molar-refractivity contribution in [2.75, 3.05) is 43.1 Å². The van der Waals surface area contributed by atoms with Gasteiger partial charge >= 0.3 is 0 Å². The summed E-state index contributed by atoms with van der Waals surface area (Å²) in [5.74, 6) is -0.573. The molecule has 3 aliphatic rings. The molecule has 0 bridgehead atoms. The normalized spacial score (nSPS) is 18.9. The minimum Gasteiger partial charge on any atom is -0.370 e. The summed E-state index contributed by atoms with van der Waals surface area (Å²) in [6.45, 7) is 1.11. The number of halogens is 3. The van der Waals surface area contributed by atoms with Crippen LogP contribution in [0.4, 0.5) is 20.2 Å². The van der Waals surface area contributed by atoms with Crippen LogP contribution in [0.25, 0.3) is 0 Å². The van der Waals surface area contributed by atoms with Crippen molar-refractivity contribution < 1.29 is 27.9 Å². The van der Waals surface area contributed by atoms with Crippen LogP contribution in [0.5, 0.6) is 0 Å². The van der Waals surface area contributed by atoms with Crippen LogP contribution in [0, 0.1) is 5.92 Å². The second-order valence-corrected chi connectivity index (χ2v) is 12.3. The Hall–Kier alpha value is -2.60. The highest BCUT2D eigenvalue weighted by atomic mass is 35.5. The number of rotatable bonds is 11. The van der Waals surface area contributed by atoms with Crippen LogP contribution in [-0.2, 0) is 14.3 Å². The number of nitrogens with one attached hydrogen (secondary N) is 2. The molecule has 0 spiro atoms. The van der Waals surface area contributed by atoms with Crippen molar-refractivity contribution in [1.82, 2.24) is 10.2 Å². The molecule has 1 atom stereocenters. The SMILES string of the molecule is O=C(NC[C@@H](C(=O)Nc1ccc(N2CCOCC2=O)c(C(F)F)c1)N(CC1CCC1)C1CCC1)c1ccc(Cl)s1. The van der Waals surface area contributed by atoms with Crippen molar-refractivity contribution >= 4 is 52.0 Å². The van der Waals surface area contributed by atoms with E-state index in [4.69, 9.17) is 16.3 Å². The van der Waals surface area contributed by atoms with Crippen LogP contribution in [0.2, 0.25) is 4.34 Å². The molecule has 3 amide bonds. The lowest BCUT2D eigenvalue weighted by Crippen LogP contribution is -2.57. The van der Waals surface area contributed by atoms with Crippen molar-refractivity contribution in [2.24, 2.45) is 5.92 Å². The van der Waals surface area contributed by atoms with Crippen molar-refractivity contribution in [2.45, 2.75) is 57.0 Å². The van der Waals surface area contributed by atoms with Crippen LogP contribution in [0.15, 0.2) is 30.3 Å². The summed E-state index contributed by atoms with van der Waals surface area (Å²) >= 11 is 7.16. The van der Waals surface area contributed by atoms with E-state index in [9.17, 15) is 23.2 Å². The second kappa shape index (κ2) is 12.9. The molecule has 2 aromatic rings. The van der Waals surface area contributed by atoms with Gasteiger partial charge in [-0.15, -0.1) is 11.3 Å². The van der Waals surface area contributed by atoms with Gasteiger partial charge in [0.1, 0.15) is 12.6 Å². The number of hydrogen-bond donors (Lipinski definition) is 2. The number of nitrogens with zero attached hydrogens (tertiary/aromatic N) is 2. The summed E-state index contributed by atoms with van der Waals surface area (Å²) < 4.78 is 33.8. The maximum atomic E-state index is 14.1. The smallest absolute Gasteiger partial charge is 0.265 e. The zero-order valence-corrected chi connectivity index (χ0v) is 23.6. The average Bonchev–Trinajstić information content (AvgIpc) is 3.31. The van der Waals surface area contributed by atoms with Gasteiger partial charge in [0.25, 0.3) is 18.2 Å². The van der Waals surface area contributed by atoms with Gasteiger partial charge in [0.2, 0.25) is 5.91 Å². The molecule has 2 N–H and O–H groups in total. The number of alkyl halides is 2. The molecule has 8 nitrogen and oxygen atoms in total. The van der Waals surface area contributed by atoms with Crippen molar-refractivity contribution in [3.8, 4) is 0 Å². The minimum absolute atomic E-state index is 0.0749. The fraction of sp³-hybridized carbons (Fsp3) is 0.536. The third-order valence-corrected chi connectivity index (χ3v) is 9.23. The fourth-order valence-electron chi connectivity index (χ4n) is 5.35. The van der Waals surface area contributed by atoms with Gasteiger partial charge in [-0.05, 0) is 61.9 Å². The highest BCUT2D eigenvalue weighted by Crippen LogP contribution is 2.35. The van der Waals surface area contributed by atoms with E-state index >= 15 is 0 Å². The lowest BCUT2D eigenvalue weighted by atomic mass is 9.82. The molecule has 40 heavy (non-hydrogen) atoms. The third-order valence-electron chi connectivity index (χ3n) is 8.00. The Bertz CT molecular complexity index is 1240. The van der Waals surface area contributed by atoms with Crippen LogP contribution in [0.3, 0.4) is 0 Å². The van der Waals surface area contributed by atoms with Gasteiger partial charge in [-0.2, -0.15) is 0 Å². The lowest BCUT2D eigenvalue weighted by molar-refractivity contribution is -0.126. The van der Waals surface area contributed by atoms with E-state index in [1.54, 1.807) is 12.1 Å². The Kier molecular flexibility index (Phi) is 9.34. The van der Waals surface area contributed by atoms with Gasteiger partial charge < -0.3 is 20.3 Å². The largest absolute Gasteiger partial charge is 0.370 e. The summed E-state index contributed by atoms with van der Waals surface area (Å²) in [4.78, 5) is 42.8. The summed E-state index contributed by atoms with van der Waals surface area (Å²) in [7, 11) is 0. The molecule has 0 unspecified atom stereocenters. The van der Waals surface area contributed by atoms with E-state index in [0.717, 1.165) is 50.0 Å². The molecule has 5 rings (SSSR count). The number of ether oxygens (including phenoxy) is 1. The number of carbonyl (C=O) groups is 3. The van der Waals surface area contributed by atoms with E-state index in [0.29, 0.717) is 15.1 Å². The number of hydrogen-bond acceptors (Lipinski definition) is 6. The maximum absolute atomic E-state index is 14.1. The molecule has 1 aromatic heterocycles. The van der Waals surface area contributed by atoms with E-state index in [-0.39, 0.29) is 67.0 Å². The lowest BCUT2D eigenvalue weighted by Gasteiger charge is -2.45. The fourth-order valence-corrected chi connectivity index (χ4v) is 6.31. The Balaban J connectivity index is 1.36. The van der Waals surface area contributed by atoms with E-state index < -0.39 is 12.5 Å². The highest BCUT2D eigenvalue weighted by Gasteiger charge is 2.37. The zero-order chi connectivity index (χ0) is 28.2. The Labute approximate surface area is 241 Å². The van der Waals surface area contributed by atoms with E-state index in [1.807, 2.05) is 0 Å². The maximum Gasteiger partial charge on any atom is 0.265 e. The average molecular weight is 595 g/mol. The first-order chi connectivity index (χ1) is 19.3. The first kappa shape index (κ1) is 28.9. The third kappa shape index (κ3) is 6.64. The molecule has 0 radical (unpaired) electrons. The topological polar surface area (TPSA) is 91.0 Å². The van der Waals surface area contributed by atoms with E-state index in [2.05, 4.69) is 15.5 Å². The van der Waals surface area contributed by atoms with Crippen LogP contribution >= 0.6 is 22.9 Å². The molecule has 2 heterocycles. The monoisotopic (exact) mass is 594 g/mol. The summed E-state index contributed by atoms with van der Waals surface area (Å²) in [6, 6.07) is 7.04. The predicted octanol–water partition coefficient (Wildman–Crippen LogP) is 5.09. The Morgan fingerprint density at radius 2 is 1.93 bits per heavy atom. The Morgan fingerprint density at radius 1 is 1.15 bits per heavy atom. The van der Waals surface area contributed by atoms with Crippen molar-refractivity contribution in [1.29, 1.82) is 0 Å². The first-order valence-electron chi connectivity index (χ1n) is 13.7. The van der Waals surface area contributed by atoms with Gasteiger partial charge in [0, 0.05) is 36.9 Å². The number of benzene rings is 1. The van der Waals surface area contributed by atoms with E-state index in [1.165, 1.54) is 29.5 Å². The molecule has 2 saturated carbocycles. The van der Waals surface area contributed by atoms with Gasteiger partial charge in [-0.1, -0.05) is 24.4 Å². The highest BCUT2D eigenvalue weighted by molar-refractivity contribution is 7.18. The van der Waals surface area contributed by atoms with Crippen LogP contribution < -0.4 is 15.5 Å². The molecule has 3 fully saturated rings.